The lowest BCUT2D eigenvalue weighted by Gasteiger charge is -1.88. The molecule has 0 aliphatic carbocycles. The van der Waals surface area contributed by atoms with Gasteiger partial charge in [-0.05, 0) is 10.8 Å². The fourth-order valence-corrected chi connectivity index (χ4v) is 1.33. The second-order valence-corrected chi connectivity index (χ2v) is 3.48. The van der Waals surface area contributed by atoms with Crippen LogP contribution in [0.2, 0.25) is 0 Å². The van der Waals surface area contributed by atoms with Gasteiger partial charge in [0.05, 0.1) is 0 Å². The Kier molecular flexibility index (Phi) is 1.22. The summed E-state index contributed by atoms with van der Waals surface area (Å²) in [5, 5.41) is 3.99. The molecule has 0 N–H and O–H groups in total. The summed E-state index contributed by atoms with van der Waals surface area (Å²) in [6.45, 7) is 0. The van der Waals surface area contributed by atoms with Crippen molar-refractivity contribution >= 4 is 20.8 Å². The van der Waals surface area contributed by atoms with E-state index in [4.69, 9.17) is 10.7 Å². The minimum absolute atomic E-state index is 0.354. The molecule has 0 nitrogen and oxygen atoms in total. The molecule has 1 aliphatic rings. The van der Waals surface area contributed by atoms with E-state index in [1.807, 2.05) is 23.0 Å². The normalized spacial score (nSPS) is 23.2. The van der Waals surface area contributed by atoms with Gasteiger partial charge in [0.2, 0.25) is 0 Å². The van der Waals surface area contributed by atoms with Gasteiger partial charge in [-0.1, -0.05) is 22.8 Å². The Hall–Kier alpha value is 0.120. The van der Waals surface area contributed by atoms with Crippen molar-refractivity contribution in [3.05, 3.63) is 23.0 Å². The predicted molar refractivity (Wildman–Crippen MR) is 33.1 cm³/mol. The van der Waals surface area contributed by atoms with Gasteiger partial charge in [-0.25, -0.2) is 0 Å². The van der Waals surface area contributed by atoms with Crippen LogP contribution >= 0.6 is 20.8 Å². The first kappa shape index (κ1) is 4.28. The SMILES string of the molecule is Cl[SH]1C=CC=C1. The summed E-state index contributed by atoms with van der Waals surface area (Å²) in [7, 11) is 5.25. The highest BCUT2D eigenvalue weighted by Gasteiger charge is 1.87. The molecule has 0 radical (unpaired) electrons. The van der Waals surface area contributed by atoms with Gasteiger partial charge >= 0.3 is 0 Å². The van der Waals surface area contributed by atoms with Crippen molar-refractivity contribution in [3.8, 4) is 0 Å². The van der Waals surface area contributed by atoms with Gasteiger partial charge < -0.3 is 0 Å². The Labute approximate surface area is 44.3 Å². The van der Waals surface area contributed by atoms with Gasteiger partial charge in [-0.2, -0.15) is 0 Å². The third kappa shape index (κ3) is 0.791. The topological polar surface area (TPSA) is 0 Å². The molecule has 1 heterocycles. The van der Waals surface area contributed by atoms with Gasteiger partial charge in [0.25, 0.3) is 0 Å². The van der Waals surface area contributed by atoms with Crippen molar-refractivity contribution in [1.82, 2.24) is 0 Å². The van der Waals surface area contributed by atoms with Gasteiger partial charge in [0.15, 0.2) is 0 Å². The van der Waals surface area contributed by atoms with E-state index in [2.05, 4.69) is 0 Å². The Morgan fingerprint density at radius 2 is 1.67 bits per heavy atom. The molecule has 0 aromatic heterocycles. The fourth-order valence-electron chi connectivity index (χ4n) is 0.314. The van der Waals surface area contributed by atoms with E-state index >= 15 is 0 Å². The lowest BCUT2D eigenvalue weighted by atomic mass is 10.6. The van der Waals surface area contributed by atoms with Crippen LogP contribution in [0.15, 0.2) is 23.0 Å². The van der Waals surface area contributed by atoms with Crippen LogP contribution in [0.1, 0.15) is 0 Å². The summed E-state index contributed by atoms with van der Waals surface area (Å²) >= 11 is 0. The molecule has 0 unspecified atom stereocenters. The zero-order valence-electron chi connectivity index (χ0n) is 3.13. The first-order valence-corrected chi connectivity index (χ1v) is 4.07. The molecule has 0 bridgehead atoms. The van der Waals surface area contributed by atoms with Crippen LogP contribution in [0.3, 0.4) is 0 Å². The molecule has 0 aromatic rings. The minimum atomic E-state index is -0.354. The van der Waals surface area contributed by atoms with Crippen LogP contribution in [0.5, 0.6) is 0 Å². The van der Waals surface area contributed by atoms with E-state index in [0.29, 0.717) is 0 Å². The fraction of sp³-hybridized carbons (Fsp3) is 0. The van der Waals surface area contributed by atoms with Crippen LogP contribution in [0.4, 0.5) is 0 Å². The Bertz CT molecular complexity index is 83.7. The van der Waals surface area contributed by atoms with Crippen molar-refractivity contribution in [2.45, 2.75) is 0 Å². The molecule has 0 amide bonds. The largest absolute Gasteiger partial charge is 0.134 e. The van der Waals surface area contributed by atoms with Crippen molar-refractivity contribution in [2.24, 2.45) is 0 Å². The van der Waals surface area contributed by atoms with Crippen molar-refractivity contribution in [2.75, 3.05) is 0 Å². The third-order valence-corrected chi connectivity index (χ3v) is 2.16. The highest BCUT2D eigenvalue weighted by molar-refractivity contribution is 8.40. The maximum absolute atomic E-state index is 5.60. The summed E-state index contributed by atoms with van der Waals surface area (Å²) in [6.07, 6.45) is 3.94. The predicted octanol–water partition coefficient (Wildman–Crippen LogP) is 2.18. The monoisotopic (exact) mass is 120 g/mol. The molecule has 0 saturated heterocycles. The van der Waals surface area contributed by atoms with Crippen LogP contribution in [0, 0.1) is 0 Å². The molecule has 34 valence electrons. The van der Waals surface area contributed by atoms with E-state index < -0.39 is 0 Å². The Morgan fingerprint density at radius 3 is 1.83 bits per heavy atom. The van der Waals surface area contributed by atoms with Gasteiger partial charge in [0, 0.05) is 0 Å². The summed E-state index contributed by atoms with van der Waals surface area (Å²) < 4.78 is 0. The number of hydrogen-bond donors (Lipinski definition) is 1. The smallest absolute Gasteiger partial charge is 0.0324 e. The summed E-state index contributed by atoms with van der Waals surface area (Å²) in [6, 6.07) is 0. The van der Waals surface area contributed by atoms with E-state index in [1.165, 1.54) is 0 Å². The van der Waals surface area contributed by atoms with E-state index in [0.717, 1.165) is 0 Å². The number of rotatable bonds is 0. The average molecular weight is 121 g/mol. The highest BCUT2D eigenvalue weighted by atomic mass is 35.7. The number of thiol groups is 1. The summed E-state index contributed by atoms with van der Waals surface area (Å²) in [5.74, 6) is 0. The number of hydrogen-bond acceptors (Lipinski definition) is 0. The third-order valence-electron chi connectivity index (χ3n) is 0.568. The maximum atomic E-state index is 5.60. The lowest BCUT2D eigenvalue weighted by Crippen LogP contribution is -1.36. The van der Waals surface area contributed by atoms with E-state index in [1.54, 1.807) is 0 Å². The maximum Gasteiger partial charge on any atom is -0.0324 e. The lowest BCUT2D eigenvalue weighted by molar-refractivity contribution is 2.15. The minimum Gasteiger partial charge on any atom is -0.134 e. The molecule has 0 saturated carbocycles. The molecule has 0 aromatic carbocycles. The highest BCUT2D eigenvalue weighted by Crippen LogP contribution is 2.36. The quantitative estimate of drug-likeness (QED) is 0.466. The second-order valence-electron chi connectivity index (χ2n) is 1.03. The van der Waals surface area contributed by atoms with Gasteiger partial charge in [-0.3, -0.25) is 0 Å². The molecule has 2 heteroatoms. The first-order valence-electron chi connectivity index (χ1n) is 1.69. The van der Waals surface area contributed by atoms with E-state index in [9.17, 15) is 0 Å². The molecule has 0 spiro atoms. The van der Waals surface area contributed by atoms with Crippen LogP contribution in [-0.4, -0.2) is 0 Å². The van der Waals surface area contributed by atoms with Crippen molar-refractivity contribution in [1.29, 1.82) is 0 Å². The Balaban J connectivity index is 2.60. The zero-order valence-corrected chi connectivity index (χ0v) is 4.78. The summed E-state index contributed by atoms with van der Waals surface area (Å²) in [5.41, 5.74) is 0. The van der Waals surface area contributed by atoms with Crippen LogP contribution in [0.25, 0.3) is 0 Å². The molecule has 1 rings (SSSR count). The van der Waals surface area contributed by atoms with Crippen LogP contribution in [-0.2, 0) is 0 Å². The van der Waals surface area contributed by atoms with Gasteiger partial charge in [-0.15, -0.1) is 10.1 Å². The summed E-state index contributed by atoms with van der Waals surface area (Å²) in [4.78, 5) is 0. The zero-order chi connectivity index (χ0) is 4.41. The first-order chi connectivity index (χ1) is 2.89. The molecular formula is C4H5ClS. The van der Waals surface area contributed by atoms with Crippen molar-refractivity contribution < 1.29 is 0 Å². The van der Waals surface area contributed by atoms with E-state index in [-0.39, 0.29) is 10.1 Å². The second kappa shape index (κ2) is 1.71. The van der Waals surface area contributed by atoms with Crippen molar-refractivity contribution in [3.63, 3.8) is 0 Å². The number of halogens is 1. The average Bonchev–Trinajstić information content (AvgIpc) is 1.86. The molecule has 6 heavy (non-hydrogen) atoms. The standard InChI is InChI=1S/C4H5ClS/c5-6-3-1-2-4-6/h1-4,6H. The molecule has 0 fully saturated rings. The molecule has 0 atom stereocenters. The van der Waals surface area contributed by atoms with Gasteiger partial charge in [0.1, 0.15) is 0 Å². The van der Waals surface area contributed by atoms with Crippen LogP contribution < -0.4 is 0 Å². The molecular weight excluding hydrogens is 116 g/mol. The number of allylic oxidation sites excluding steroid dienone is 2. The Morgan fingerprint density at radius 1 is 1.17 bits per heavy atom. The molecule has 1 aliphatic heterocycles.